The van der Waals surface area contributed by atoms with Crippen molar-refractivity contribution in [2.45, 2.75) is 127 Å². The summed E-state index contributed by atoms with van der Waals surface area (Å²) in [6, 6.07) is 10.4. The van der Waals surface area contributed by atoms with Crippen molar-refractivity contribution >= 4 is 40.1 Å². The van der Waals surface area contributed by atoms with E-state index in [1.54, 1.807) is 12.4 Å². The molecule has 2 saturated carbocycles. The molecule has 15 heteroatoms. The van der Waals surface area contributed by atoms with E-state index in [-0.39, 0.29) is 61.2 Å². The molecule has 6 heterocycles. The smallest absolute Gasteiger partial charge is 0.255 e. The molecule has 59 heavy (non-hydrogen) atoms. The molecule has 2 aliphatic carbocycles. The number of carbonyl (C=O) groups is 3. The molecule has 1 atom stereocenters. The third kappa shape index (κ3) is 7.86. The summed E-state index contributed by atoms with van der Waals surface area (Å²) in [6.07, 6.45) is 12.4. The van der Waals surface area contributed by atoms with Crippen LogP contribution in [0.3, 0.4) is 0 Å². The van der Waals surface area contributed by atoms with Gasteiger partial charge in [-0.25, -0.2) is 14.4 Å². The number of rotatable bonds is 10. The number of benzene rings is 2. The van der Waals surface area contributed by atoms with Crippen molar-refractivity contribution in [2.24, 2.45) is 0 Å². The first-order valence-corrected chi connectivity index (χ1v) is 21.4. The lowest BCUT2D eigenvalue weighted by Gasteiger charge is -2.38. The number of imide groups is 1. The minimum absolute atomic E-state index is 0.0546. The van der Waals surface area contributed by atoms with Gasteiger partial charge in [0, 0.05) is 56.2 Å². The summed E-state index contributed by atoms with van der Waals surface area (Å²) in [5.74, 6) is 0.149. The highest BCUT2D eigenvalue weighted by Gasteiger charge is 2.41. The maximum atomic E-state index is 15.4. The number of nitrogens with zero attached hydrogens (tertiary/aromatic N) is 6. The van der Waals surface area contributed by atoms with Gasteiger partial charge in [-0.05, 0) is 113 Å². The lowest BCUT2D eigenvalue weighted by Crippen LogP contribution is -2.52. The van der Waals surface area contributed by atoms with Gasteiger partial charge >= 0.3 is 0 Å². The second-order valence-corrected chi connectivity index (χ2v) is 17.5. The zero-order valence-corrected chi connectivity index (χ0v) is 33.5. The molecule has 10 rings (SSSR count). The zero-order chi connectivity index (χ0) is 40.3. The van der Waals surface area contributed by atoms with Gasteiger partial charge in [-0.1, -0.05) is 0 Å². The van der Waals surface area contributed by atoms with Crippen LogP contribution in [-0.4, -0.2) is 105 Å². The Morgan fingerprint density at radius 2 is 1.47 bits per heavy atom. The first-order chi connectivity index (χ1) is 28.6. The molecule has 1 unspecified atom stereocenters. The Morgan fingerprint density at radius 1 is 0.797 bits per heavy atom. The van der Waals surface area contributed by atoms with Gasteiger partial charge in [0.25, 0.3) is 5.91 Å². The number of aromatic nitrogens is 4. The van der Waals surface area contributed by atoms with Crippen LogP contribution < -0.4 is 19.9 Å². The average Bonchev–Trinajstić information content (AvgIpc) is 3.68. The monoisotopic (exact) mass is 806 g/mol. The highest BCUT2D eigenvalue weighted by atomic mass is 19.1. The van der Waals surface area contributed by atoms with Gasteiger partial charge in [-0.2, -0.15) is 5.10 Å². The van der Waals surface area contributed by atoms with Crippen LogP contribution in [0.2, 0.25) is 0 Å². The SMILES string of the molecule is CC1(Oc2ccc3[nH]nc(-c4cc(N5CCC(OC6CCC(OC7CCN(c8cc9c(cc8F)C(=O)N(C8CCC(=O)NC8=O)C9)CC7)CC6)CC5)ncn4)c3c2)CC1. The maximum absolute atomic E-state index is 15.4. The number of amides is 3. The molecule has 4 aliphatic heterocycles. The minimum Gasteiger partial charge on any atom is -0.488 e. The summed E-state index contributed by atoms with van der Waals surface area (Å²) < 4.78 is 34.9. The van der Waals surface area contributed by atoms with Crippen molar-refractivity contribution in [1.82, 2.24) is 30.4 Å². The van der Waals surface area contributed by atoms with Crippen LogP contribution in [-0.2, 0) is 25.6 Å². The van der Waals surface area contributed by atoms with Gasteiger partial charge in [0.2, 0.25) is 11.8 Å². The van der Waals surface area contributed by atoms with Gasteiger partial charge in [0.15, 0.2) is 0 Å². The van der Waals surface area contributed by atoms with Crippen LogP contribution in [0.5, 0.6) is 5.75 Å². The quantitative estimate of drug-likeness (QED) is 0.186. The van der Waals surface area contributed by atoms with E-state index in [9.17, 15) is 14.4 Å². The van der Waals surface area contributed by atoms with E-state index in [4.69, 9.17) is 14.2 Å². The van der Waals surface area contributed by atoms with Crippen LogP contribution in [0, 0.1) is 5.82 Å². The molecule has 14 nitrogen and oxygen atoms in total. The fourth-order valence-electron chi connectivity index (χ4n) is 9.59. The molecule has 0 spiro atoms. The van der Waals surface area contributed by atoms with Gasteiger partial charge in [-0.15, -0.1) is 0 Å². The lowest BCUT2D eigenvalue weighted by atomic mass is 9.93. The van der Waals surface area contributed by atoms with Crippen LogP contribution >= 0.6 is 0 Å². The molecule has 5 fully saturated rings. The van der Waals surface area contributed by atoms with E-state index in [2.05, 4.69) is 43.4 Å². The summed E-state index contributed by atoms with van der Waals surface area (Å²) in [7, 11) is 0. The fourth-order valence-corrected chi connectivity index (χ4v) is 9.59. The molecule has 2 N–H and O–H groups in total. The summed E-state index contributed by atoms with van der Waals surface area (Å²) in [5, 5.41) is 11.1. The number of carbonyl (C=O) groups excluding carboxylic acids is 3. The van der Waals surface area contributed by atoms with Crippen LogP contribution in [0.4, 0.5) is 15.9 Å². The molecular weight excluding hydrogens is 756 g/mol. The zero-order valence-electron chi connectivity index (χ0n) is 33.5. The van der Waals surface area contributed by atoms with E-state index < -0.39 is 17.8 Å². The Bertz CT molecular complexity index is 2260. The number of halogens is 1. The van der Waals surface area contributed by atoms with Crippen LogP contribution in [0.1, 0.15) is 99.9 Å². The Balaban J connectivity index is 0.667. The normalized spacial score (nSPS) is 25.1. The number of aromatic amines is 1. The predicted octanol–water partition coefficient (Wildman–Crippen LogP) is 5.83. The Hall–Kier alpha value is -5.15. The minimum atomic E-state index is -0.723. The second kappa shape index (κ2) is 15.5. The first kappa shape index (κ1) is 38.1. The predicted molar refractivity (Wildman–Crippen MR) is 217 cm³/mol. The van der Waals surface area contributed by atoms with Gasteiger partial charge in [-0.3, -0.25) is 24.8 Å². The number of anilines is 2. The number of ether oxygens (including phenoxy) is 3. The van der Waals surface area contributed by atoms with Crippen LogP contribution in [0.25, 0.3) is 22.3 Å². The van der Waals surface area contributed by atoms with Gasteiger partial charge in [0.1, 0.15) is 41.0 Å². The number of piperidine rings is 3. The number of nitrogens with one attached hydrogen (secondary N) is 2. The van der Waals surface area contributed by atoms with Gasteiger partial charge < -0.3 is 28.9 Å². The highest BCUT2D eigenvalue weighted by molar-refractivity contribution is 6.05. The number of hydrogen-bond acceptors (Lipinski definition) is 11. The van der Waals surface area contributed by atoms with E-state index in [1.165, 1.54) is 11.0 Å². The molecule has 4 aromatic rings. The Kier molecular flexibility index (Phi) is 9.98. The molecule has 2 aromatic carbocycles. The van der Waals surface area contributed by atoms with E-state index in [1.807, 2.05) is 23.1 Å². The maximum Gasteiger partial charge on any atom is 0.255 e. The number of hydrogen-bond donors (Lipinski definition) is 2. The summed E-state index contributed by atoms with van der Waals surface area (Å²) in [4.78, 5) is 52.2. The molecular formula is C44H51FN8O6. The van der Waals surface area contributed by atoms with E-state index in [0.717, 1.165) is 111 Å². The van der Waals surface area contributed by atoms with Crippen molar-refractivity contribution in [3.8, 4) is 17.1 Å². The Morgan fingerprint density at radius 3 is 2.15 bits per heavy atom. The molecule has 310 valence electrons. The second-order valence-electron chi connectivity index (χ2n) is 17.5. The molecule has 3 amide bonds. The molecule has 6 aliphatic rings. The number of H-pyrrole nitrogens is 1. The lowest BCUT2D eigenvalue weighted by molar-refractivity contribution is -0.136. The van der Waals surface area contributed by atoms with Crippen molar-refractivity contribution in [3.05, 3.63) is 59.7 Å². The Labute approximate surface area is 342 Å². The van der Waals surface area contributed by atoms with Crippen molar-refractivity contribution in [1.29, 1.82) is 0 Å². The van der Waals surface area contributed by atoms with E-state index in [0.29, 0.717) is 29.9 Å². The summed E-state index contributed by atoms with van der Waals surface area (Å²) in [5.41, 5.74) is 3.96. The molecule has 3 saturated heterocycles. The highest BCUT2D eigenvalue weighted by Crippen LogP contribution is 2.41. The third-order valence-electron chi connectivity index (χ3n) is 13.3. The third-order valence-corrected chi connectivity index (χ3v) is 13.3. The fraction of sp³-hybridized carbons (Fsp3) is 0.545. The van der Waals surface area contributed by atoms with Crippen molar-refractivity contribution in [2.75, 3.05) is 36.0 Å². The van der Waals surface area contributed by atoms with Crippen molar-refractivity contribution < 1.29 is 33.0 Å². The van der Waals surface area contributed by atoms with Crippen molar-refractivity contribution in [3.63, 3.8) is 0 Å². The largest absolute Gasteiger partial charge is 0.488 e. The summed E-state index contributed by atoms with van der Waals surface area (Å²) in [6.45, 7) is 5.42. The molecule has 0 radical (unpaired) electrons. The summed E-state index contributed by atoms with van der Waals surface area (Å²) >= 11 is 0. The first-order valence-electron chi connectivity index (χ1n) is 21.4. The molecule has 2 aromatic heterocycles. The topological polar surface area (TPSA) is 155 Å². The van der Waals surface area contributed by atoms with E-state index >= 15 is 4.39 Å². The number of fused-ring (bicyclic) bond motifs is 2. The van der Waals surface area contributed by atoms with Crippen LogP contribution in [0.15, 0.2) is 42.7 Å². The average molecular weight is 807 g/mol. The standard InChI is InChI=1S/C44H51FN8O6/c1-44(14-15-44)59-31-6-7-35-33(21-31)41(50-49-35)36-23-39(47-25-46-36)52-18-12-30(13-19-52)58-28-4-2-27(3-5-28)57-29-10-16-51(17-11-29)38-20-26-24-53(43(56)32(26)22-34(38)45)37-8-9-40(54)48-42(37)55/h6-7,20-23,25,27-30,37H,2-5,8-19,24H2,1H3,(H,49,50)(H,48,54,55). The van der Waals surface area contributed by atoms with Gasteiger partial charge in [0.05, 0.1) is 41.3 Å². The molecule has 0 bridgehead atoms.